The van der Waals surface area contributed by atoms with Crippen molar-refractivity contribution in [2.45, 2.75) is 32.1 Å². The van der Waals surface area contributed by atoms with E-state index in [2.05, 4.69) is 35.6 Å². The molecule has 2 heteroatoms. The van der Waals surface area contributed by atoms with E-state index in [9.17, 15) is 0 Å². The summed E-state index contributed by atoms with van der Waals surface area (Å²) in [4.78, 5) is 0. The molecule has 1 atom stereocenters. The average molecular weight is 247 g/mol. The third-order valence-electron chi connectivity index (χ3n) is 3.60. The highest BCUT2D eigenvalue weighted by atomic mass is 16.5. The van der Waals surface area contributed by atoms with Crippen LogP contribution in [0.5, 0.6) is 0 Å². The van der Waals surface area contributed by atoms with E-state index in [4.69, 9.17) is 4.74 Å². The monoisotopic (exact) mass is 247 g/mol. The van der Waals surface area contributed by atoms with Gasteiger partial charge in [0.25, 0.3) is 0 Å². The molecule has 0 aromatic heterocycles. The van der Waals surface area contributed by atoms with Crippen LogP contribution in [-0.2, 0) is 11.2 Å². The SMILES string of the molecule is c1ccc(CCCCOCC2CCCNC2)cc1. The largest absolute Gasteiger partial charge is 0.381 e. The van der Waals surface area contributed by atoms with Gasteiger partial charge in [-0.1, -0.05) is 30.3 Å². The Morgan fingerprint density at radius 3 is 2.83 bits per heavy atom. The number of nitrogens with one attached hydrogen (secondary N) is 1. The van der Waals surface area contributed by atoms with Gasteiger partial charge in [-0.25, -0.2) is 0 Å². The maximum absolute atomic E-state index is 5.77. The summed E-state index contributed by atoms with van der Waals surface area (Å²) in [5.41, 5.74) is 1.44. The first kappa shape index (κ1) is 13.6. The van der Waals surface area contributed by atoms with Crippen molar-refractivity contribution in [3.63, 3.8) is 0 Å². The smallest absolute Gasteiger partial charge is 0.0506 e. The van der Waals surface area contributed by atoms with Gasteiger partial charge in [0.05, 0.1) is 6.61 Å². The first-order valence-electron chi connectivity index (χ1n) is 7.27. The lowest BCUT2D eigenvalue weighted by Gasteiger charge is -2.22. The normalized spacial score (nSPS) is 19.9. The zero-order chi connectivity index (χ0) is 12.5. The van der Waals surface area contributed by atoms with Gasteiger partial charge < -0.3 is 10.1 Å². The highest BCUT2D eigenvalue weighted by Gasteiger charge is 2.12. The number of ether oxygens (including phenoxy) is 1. The van der Waals surface area contributed by atoms with Gasteiger partial charge >= 0.3 is 0 Å². The molecule has 100 valence electrons. The van der Waals surface area contributed by atoms with Crippen LogP contribution in [0, 0.1) is 5.92 Å². The van der Waals surface area contributed by atoms with E-state index >= 15 is 0 Å². The molecule has 1 aromatic rings. The molecular formula is C16H25NO. The number of rotatable bonds is 7. The van der Waals surface area contributed by atoms with Crippen molar-refractivity contribution in [3.8, 4) is 0 Å². The summed E-state index contributed by atoms with van der Waals surface area (Å²) in [7, 11) is 0. The summed E-state index contributed by atoms with van der Waals surface area (Å²) in [5.74, 6) is 0.743. The molecule has 0 radical (unpaired) electrons. The third kappa shape index (κ3) is 5.19. The first-order valence-corrected chi connectivity index (χ1v) is 7.27. The average Bonchev–Trinajstić information content (AvgIpc) is 2.45. The van der Waals surface area contributed by atoms with Crippen molar-refractivity contribution in [2.24, 2.45) is 5.92 Å². The van der Waals surface area contributed by atoms with Crippen molar-refractivity contribution < 1.29 is 4.74 Å². The van der Waals surface area contributed by atoms with Crippen molar-refractivity contribution in [1.29, 1.82) is 0 Å². The van der Waals surface area contributed by atoms with Crippen LogP contribution in [0.15, 0.2) is 30.3 Å². The fourth-order valence-corrected chi connectivity index (χ4v) is 2.49. The van der Waals surface area contributed by atoms with Gasteiger partial charge in [0, 0.05) is 13.2 Å². The first-order chi connectivity index (χ1) is 8.95. The van der Waals surface area contributed by atoms with Gasteiger partial charge in [0.2, 0.25) is 0 Å². The molecule has 0 bridgehead atoms. The minimum Gasteiger partial charge on any atom is -0.381 e. The van der Waals surface area contributed by atoms with E-state index in [1.54, 1.807) is 0 Å². The quantitative estimate of drug-likeness (QED) is 0.748. The van der Waals surface area contributed by atoms with Crippen molar-refractivity contribution in [1.82, 2.24) is 5.32 Å². The van der Waals surface area contributed by atoms with E-state index in [0.29, 0.717) is 0 Å². The van der Waals surface area contributed by atoms with Crippen molar-refractivity contribution >= 4 is 0 Å². The molecule has 0 amide bonds. The highest BCUT2D eigenvalue weighted by Crippen LogP contribution is 2.10. The van der Waals surface area contributed by atoms with E-state index in [1.807, 2.05) is 0 Å². The van der Waals surface area contributed by atoms with Gasteiger partial charge in [0.1, 0.15) is 0 Å². The second-order valence-electron chi connectivity index (χ2n) is 5.23. The van der Waals surface area contributed by atoms with Gasteiger partial charge in [-0.05, 0) is 50.1 Å². The summed E-state index contributed by atoms with van der Waals surface area (Å²) in [6, 6.07) is 10.7. The maximum atomic E-state index is 5.77. The van der Waals surface area contributed by atoms with E-state index in [-0.39, 0.29) is 0 Å². The highest BCUT2D eigenvalue weighted by molar-refractivity contribution is 5.14. The van der Waals surface area contributed by atoms with Crippen molar-refractivity contribution in [3.05, 3.63) is 35.9 Å². The maximum Gasteiger partial charge on any atom is 0.0506 e. The summed E-state index contributed by atoms with van der Waals surface area (Å²) < 4.78 is 5.77. The van der Waals surface area contributed by atoms with Crippen LogP contribution in [0.2, 0.25) is 0 Å². The van der Waals surface area contributed by atoms with Crippen LogP contribution >= 0.6 is 0 Å². The fraction of sp³-hybridized carbons (Fsp3) is 0.625. The number of hydrogen-bond donors (Lipinski definition) is 1. The summed E-state index contributed by atoms with van der Waals surface area (Å²) in [5, 5.41) is 3.43. The molecule has 1 fully saturated rings. The Morgan fingerprint density at radius 1 is 1.17 bits per heavy atom. The zero-order valence-electron chi connectivity index (χ0n) is 11.2. The van der Waals surface area contributed by atoms with Gasteiger partial charge in [-0.3, -0.25) is 0 Å². The van der Waals surface area contributed by atoms with Crippen LogP contribution in [0.25, 0.3) is 0 Å². The second-order valence-corrected chi connectivity index (χ2v) is 5.23. The third-order valence-corrected chi connectivity index (χ3v) is 3.60. The van der Waals surface area contributed by atoms with E-state index in [1.165, 1.54) is 44.2 Å². The van der Waals surface area contributed by atoms with E-state index in [0.717, 1.165) is 25.7 Å². The van der Waals surface area contributed by atoms with Gasteiger partial charge in [0.15, 0.2) is 0 Å². The Kier molecular flexibility index (Phi) is 6.24. The molecule has 0 spiro atoms. The predicted molar refractivity (Wildman–Crippen MR) is 75.8 cm³/mol. The minimum atomic E-state index is 0.743. The Balaban J connectivity index is 1.46. The molecule has 2 nitrogen and oxygen atoms in total. The lowest BCUT2D eigenvalue weighted by Crippen LogP contribution is -2.32. The molecule has 18 heavy (non-hydrogen) atoms. The number of benzene rings is 1. The Bertz CT molecular complexity index is 306. The second kappa shape index (κ2) is 8.28. The Morgan fingerprint density at radius 2 is 2.06 bits per heavy atom. The van der Waals surface area contributed by atoms with Crippen LogP contribution in [0.1, 0.15) is 31.2 Å². The van der Waals surface area contributed by atoms with E-state index < -0.39 is 0 Å². The molecule has 1 aromatic carbocycles. The Hall–Kier alpha value is -0.860. The summed E-state index contributed by atoms with van der Waals surface area (Å²) in [6.07, 6.45) is 6.22. The van der Waals surface area contributed by atoms with Gasteiger partial charge in [-0.15, -0.1) is 0 Å². The molecule has 1 N–H and O–H groups in total. The van der Waals surface area contributed by atoms with Crippen LogP contribution in [-0.4, -0.2) is 26.3 Å². The molecule has 1 aliphatic rings. The molecule has 1 unspecified atom stereocenters. The Labute approximate surface area is 111 Å². The minimum absolute atomic E-state index is 0.743. The molecule has 1 saturated heterocycles. The predicted octanol–water partition coefficient (Wildman–Crippen LogP) is 3.03. The zero-order valence-corrected chi connectivity index (χ0v) is 11.2. The molecule has 1 heterocycles. The van der Waals surface area contributed by atoms with Crippen LogP contribution < -0.4 is 5.32 Å². The molecule has 1 aliphatic heterocycles. The summed E-state index contributed by atoms with van der Waals surface area (Å²) in [6.45, 7) is 4.19. The number of hydrogen-bond acceptors (Lipinski definition) is 2. The fourth-order valence-electron chi connectivity index (χ4n) is 2.49. The molecule has 0 aliphatic carbocycles. The van der Waals surface area contributed by atoms with Crippen molar-refractivity contribution in [2.75, 3.05) is 26.3 Å². The van der Waals surface area contributed by atoms with Gasteiger partial charge in [-0.2, -0.15) is 0 Å². The number of piperidine rings is 1. The number of unbranched alkanes of at least 4 members (excludes halogenated alkanes) is 1. The molecular weight excluding hydrogens is 222 g/mol. The lowest BCUT2D eigenvalue weighted by molar-refractivity contribution is 0.0873. The molecule has 2 rings (SSSR count). The van der Waals surface area contributed by atoms with Crippen LogP contribution in [0.4, 0.5) is 0 Å². The summed E-state index contributed by atoms with van der Waals surface area (Å²) >= 11 is 0. The number of aryl methyl sites for hydroxylation is 1. The topological polar surface area (TPSA) is 21.3 Å². The molecule has 0 saturated carbocycles. The standard InChI is InChI=1S/C16H25NO/c1-2-7-15(8-3-1)9-4-5-12-18-14-16-10-6-11-17-13-16/h1-3,7-8,16-17H,4-6,9-14H2. The lowest BCUT2D eigenvalue weighted by atomic mass is 10.0. The van der Waals surface area contributed by atoms with Crippen LogP contribution in [0.3, 0.4) is 0 Å².